The predicted molar refractivity (Wildman–Crippen MR) is 91.3 cm³/mol. The van der Waals surface area contributed by atoms with E-state index in [2.05, 4.69) is 23.8 Å². The monoisotopic (exact) mass is 322 g/mol. The molecule has 2 aliphatic carbocycles. The summed E-state index contributed by atoms with van der Waals surface area (Å²) < 4.78 is 0. The zero-order chi connectivity index (χ0) is 16.5. The Morgan fingerprint density at radius 2 is 1.96 bits per heavy atom. The first kappa shape index (κ1) is 18.0. The van der Waals surface area contributed by atoms with Crippen molar-refractivity contribution in [1.82, 2.24) is 10.6 Å². The molecule has 0 aromatic heterocycles. The predicted octanol–water partition coefficient (Wildman–Crippen LogP) is 1.55. The van der Waals surface area contributed by atoms with Gasteiger partial charge in [-0.15, -0.1) is 0 Å². The third kappa shape index (κ3) is 6.73. The van der Waals surface area contributed by atoms with Crippen LogP contribution in [0, 0.1) is 0 Å². The highest BCUT2D eigenvalue weighted by atomic mass is 16.2. The Morgan fingerprint density at radius 3 is 2.65 bits per heavy atom. The Kier molecular flexibility index (Phi) is 7.59. The van der Waals surface area contributed by atoms with Gasteiger partial charge in [-0.2, -0.15) is 0 Å². The molecule has 1 saturated carbocycles. The summed E-state index contributed by atoms with van der Waals surface area (Å²) in [5.41, 5.74) is 1.43. The largest absolute Gasteiger partial charge is 0.337 e. The molecule has 5 heteroatoms. The molecule has 0 aromatic carbocycles. The number of likely N-dealkylation sites (N-methyl/N-ethyl adjacent to an activating group) is 1. The number of urea groups is 1. The maximum atomic E-state index is 12.0. The summed E-state index contributed by atoms with van der Waals surface area (Å²) in [6, 6.07) is 0.207. The average Bonchev–Trinajstić information content (AvgIpc) is 2.56. The number of amides is 3. The molecule has 1 unspecified atom stereocenters. The van der Waals surface area contributed by atoms with Crippen molar-refractivity contribution in [2.45, 2.75) is 70.3 Å². The van der Waals surface area contributed by atoms with Gasteiger partial charge in [-0.25, -0.2) is 4.79 Å². The number of nitrogens with one attached hydrogen (secondary N) is 3. The van der Waals surface area contributed by atoms with E-state index in [-0.39, 0.29) is 11.9 Å². The van der Waals surface area contributed by atoms with Crippen molar-refractivity contribution in [3.8, 4) is 0 Å². The topological polar surface area (TPSA) is 62.6 Å². The number of hydrogen-bond acceptors (Lipinski definition) is 2. The van der Waals surface area contributed by atoms with Crippen LogP contribution in [0.15, 0.2) is 11.6 Å². The second-order valence-corrected chi connectivity index (χ2v) is 7.02. The van der Waals surface area contributed by atoms with E-state index in [1.807, 2.05) is 0 Å². The Labute approximate surface area is 139 Å². The minimum Gasteiger partial charge on any atom is -0.337 e. The molecule has 130 valence electrons. The Morgan fingerprint density at radius 1 is 1.17 bits per heavy atom. The van der Waals surface area contributed by atoms with Crippen molar-refractivity contribution >= 4 is 11.9 Å². The lowest BCUT2D eigenvalue weighted by molar-refractivity contribution is -0.899. The highest BCUT2D eigenvalue weighted by Crippen LogP contribution is 2.19. The molecular weight excluding hydrogens is 290 g/mol. The van der Waals surface area contributed by atoms with Gasteiger partial charge in [0.05, 0.1) is 13.1 Å². The summed E-state index contributed by atoms with van der Waals surface area (Å²) in [5, 5.41) is 5.25. The van der Waals surface area contributed by atoms with Gasteiger partial charge in [0, 0.05) is 6.54 Å². The van der Waals surface area contributed by atoms with Gasteiger partial charge in [0.2, 0.25) is 0 Å². The van der Waals surface area contributed by atoms with E-state index in [1.54, 1.807) is 0 Å². The van der Waals surface area contributed by atoms with Gasteiger partial charge < -0.3 is 10.2 Å². The Balaban J connectivity index is 1.60. The number of rotatable bonds is 6. The van der Waals surface area contributed by atoms with E-state index in [9.17, 15) is 9.59 Å². The molecule has 2 aliphatic rings. The van der Waals surface area contributed by atoms with E-state index < -0.39 is 0 Å². The summed E-state index contributed by atoms with van der Waals surface area (Å²) in [6.07, 6.45) is 14.3. The number of carbonyl (C=O) groups is 2. The fourth-order valence-corrected chi connectivity index (χ4v) is 3.68. The summed E-state index contributed by atoms with van der Waals surface area (Å²) >= 11 is 0. The molecule has 0 bridgehead atoms. The van der Waals surface area contributed by atoms with Gasteiger partial charge in [-0.05, 0) is 57.8 Å². The normalized spacial score (nSPS) is 20.5. The Hall–Kier alpha value is -1.36. The van der Waals surface area contributed by atoms with E-state index in [1.165, 1.54) is 55.4 Å². The first-order valence-corrected chi connectivity index (χ1v) is 9.23. The quantitative estimate of drug-likeness (QED) is 0.650. The minimum atomic E-state index is -0.358. The first-order chi connectivity index (χ1) is 11.1. The van der Waals surface area contributed by atoms with Gasteiger partial charge in [0.15, 0.2) is 6.54 Å². The minimum absolute atomic E-state index is 0.178. The summed E-state index contributed by atoms with van der Waals surface area (Å²) in [7, 11) is 2.06. The van der Waals surface area contributed by atoms with Gasteiger partial charge in [-0.1, -0.05) is 18.1 Å². The summed E-state index contributed by atoms with van der Waals surface area (Å²) in [4.78, 5) is 25.0. The molecular formula is C18H32N3O2+. The molecule has 3 amide bonds. The highest BCUT2D eigenvalue weighted by molar-refractivity contribution is 5.94. The van der Waals surface area contributed by atoms with Crippen LogP contribution in [0.1, 0.15) is 64.2 Å². The van der Waals surface area contributed by atoms with Crippen molar-refractivity contribution in [3.05, 3.63) is 11.6 Å². The van der Waals surface area contributed by atoms with Crippen molar-refractivity contribution < 1.29 is 14.5 Å². The third-order valence-corrected chi connectivity index (χ3v) is 5.11. The standard InChI is InChI=1S/C18H31N3O2/c1-21(16-10-6-3-7-11-16)14-17(22)20-18(23)19-13-12-15-8-4-2-5-9-15/h8,16H,2-7,9-14H2,1H3,(H2,19,20,22,23)/p+1. The van der Waals surface area contributed by atoms with Gasteiger partial charge in [-0.3, -0.25) is 10.1 Å². The fourth-order valence-electron chi connectivity index (χ4n) is 3.68. The van der Waals surface area contributed by atoms with E-state index in [0.29, 0.717) is 19.1 Å². The number of hydrogen-bond donors (Lipinski definition) is 3. The number of allylic oxidation sites excluding steroid dienone is 1. The zero-order valence-electron chi connectivity index (χ0n) is 14.5. The second-order valence-electron chi connectivity index (χ2n) is 7.02. The SMILES string of the molecule is C[NH+](CC(=O)NC(=O)NCCC1=CCCCC1)C1CCCCC1. The maximum Gasteiger partial charge on any atom is 0.321 e. The summed E-state index contributed by atoms with van der Waals surface area (Å²) in [5.74, 6) is -0.178. The lowest BCUT2D eigenvalue weighted by atomic mass is 9.94. The van der Waals surface area contributed by atoms with Crippen molar-refractivity contribution in [1.29, 1.82) is 0 Å². The molecule has 0 aliphatic heterocycles. The second kappa shape index (κ2) is 9.71. The van der Waals surface area contributed by atoms with E-state index in [0.717, 1.165) is 19.3 Å². The smallest absolute Gasteiger partial charge is 0.321 e. The van der Waals surface area contributed by atoms with Crippen molar-refractivity contribution in [2.75, 3.05) is 20.1 Å². The Bertz CT molecular complexity index is 428. The first-order valence-electron chi connectivity index (χ1n) is 9.23. The van der Waals surface area contributed by atoms with Crippen LogP contribution in [0.2, 0.25) is 0 Å². The van der Waals surface area contributed by atoms with Crippen LogP contribution in [0.4, 0.5) is 4.79 Å². The van der Waals surface area contributed by atoms with E-state index >= 15 is 0 Å². The molecule has 0 radical (unpaired) electrons. The fraction of sp³-hybridized carbons (Fsp3) is 0.778. The summed E-state index contributed by atoms with van der Waals surface area (Å²) in [6.45, 7) is 0.986. The van der Waals surface area contributed by atoms with Crippen molar-refractivity contribution in [2.24, 2.45) is 0 Å². The van der Waals surface area contributed by atoms with Crippen LogP contribution in [-0.2, 0) is 4.79 Å². The van der Waals surface area contributed by atoms with Crippen LogP contribution < -0.4 is 15.5 Å². The van der Waals surface area contributed by atoms with Crippen LogP contribution in [-0.4, -0.2) is 38.1 Å². The molecule has 0 heterocycles. The van der Waals surface area contributed by atoms with Gasteiger partial charge in [0.1, 0.15) is 0 Å². The molecule has 3 N–H and O–H groups in total. The molecule has 23 heavy (non-hydrogen) atoms. The maximum absolute atomic E-state index is 12.0. The van der Waals surface area contributed by atoms with Crippen LogP contribution in [0.3, 0.4) is 0 Å². The lowest BCUT2D eigenvalue weighted by Gasteiger charge is -2.27. The molecule has 0 spiro atoms. The van der Waals surface area contributed by atoms with Crippen LogP contribution in [0.5, 0.6) is 0 Å². The molecule has 5 nitrogen and oxygen atoms in total. The number of imide groups is 1. The zero-order valence-corrected chi connectivity index (χ0v) is 14.5. The molecule has 0 saturated heterocycles. The van der Waals surface area contributed by atoms with E-state index in [4.69, 9.17) is 0 Å². The molecule has 1 fully saturated rings. The van der Waals surface area contributed by atoms with Crippen LogP contribution in [0.25, 0.3) is 0 Å². The number of quaternary nitrogens is 1. The van der Waals surface area contributed by atoms with Gasteiger partial charge in [0.25, 0.3) is 5.91 Å². The molecule has 2 rings (SSSR count). The van der Waals surface area contributed by atoms with Crippen molar-refractivity contribution in [3.63, 3.8) is 0 Å². The average molecular weight is 322 g/mol. The highest BCUT2D eigenvalue weighted by Gasteiger charge is 2.23. The van der Waals surface area contributed by atoms with Gasteiger partial charge >= 0.3 is 6.03 Å². The number of carbonyl (C=O) groups excluding carboxylic acids is 2. The van der Waals surface area contributed by atoms with Crippen LogP contribution >= 0.6 is 0 Å². The molecule has 1 atom stereocenters. The molecule has 0 aromatic rings. The third-order valence-electron chi connectivity index (χ3n) is 5.11. The lowest BCUT2D eigenvalue weighted by Crippen LogP contribution is -3.14.